The molecule has 122 valence electrons. The van der Waals surface area contributed by atoms with Crippen molar-refractivity contribution >= 4 is 22.5 Å². The van der Waals surface area contributed by atoms with E-state index >= 15 is 0 Å². The lowest BCUT2D eigenvalue weighted by atomic mass is 10.1. The molecule has 0 bridgehead atoms. The van der Waals surface area contributed by atoms with Crippen LogP contribution in [0.4, 0.5) is 5.69 Å². The zero-order valence-corrected chi connectivity index (χ0v) is 13.9. The maximum absolute atomic E-state index is 12.5. The summed E-state index contributed by atoms with van der Waals surface area (Å²) in [5.74, 6) is 0.584. The van der Waals surface area contributed by atoms with E-state index in [0.29, 0.717) is 16.9 Å². The molecule has 5 heteroatoms. The molecule has 1 amide bonds. The summed E-state index contributed by atoms with van der Waals surface area (Å²) in [7, 11) is 0. The Kier molecular flexibility index (Phi) is 4.42. The van der Waals surface area contributed by atoms with Crippen molar-refractivity contribution < 1.29 is 9.53 Å². The number of anilines is 1. The molecule has 1 aromatic carbocycles. The van der Waals surface area contributed by atoms with Crippen molar-refractivity contribution in [3.8, 4) is 5.75 Å². The molecule has 0 spiro atoms. The largest absolute Gasteiger partial charge is 0.491 e. The lowest BCUT2D eigenvalue weighted by Gasteiger charge is -2.11. The van der Waals surface area contributed by atoms with E-state index in [1.54, 1.807) is 12.4 Å². The third-order valence-corrected chi connectivity index (χ3v) is 3.53. The molecular formula is C19H19N3O2. The summed E-state index contributed by atoms with van der Waals surface area (Å²) in [5, 5.41) is 3.73. The van der Waals surface area contributed by atoms with E-state index in [2.05, 4.69) is 15.3 Å². The molecule has 3 aromatic rings. The van der Waals surface area contributed by atoms with Crippen LogP contribution in [-0.4, -0.2) is 22.0 Å². The highest BCUT2D eigenvalue weighted by Gasteiger charge is 2.12. The number of hydrogen-bond acceptors (Lipinski definition) is 4. The van der Waals surface area contributed by atoms with Gasteiger partial charge in [-0.25, -0.2) is 0 Å². The van der Waals surface area contributed by atoms with E-state index in [1.807, 2.05) is 57.2 Å². The summed E-state index contributed by atoms with van der Waals surface area (Å²) in [5.41, 5.74) is 2.76. The van der Waals surface area contributed by atoms with E-state index in [9.17, 15) is 4.79 Å². The van der Waals surface area contributed by atoms with Crippen molar-refractivity contribution in [3.05, 3.63) is 60.0 Å². The maximum Gasteiger partial charge on any atom is 0.257 e. The van der Waals surface area contributed by atoms with Crippen LogP contribution in [-0.2, 0) is 0 Å². The molecule has 0 saturated heterocycles. The first-order chi connectivity index (χ1) is 11.5. The van der Waals surface area contributed by atoms with Gasteiger partial charge in [-0.15, -0.1) is 0 Å². The molecule has 0 unspecified atom stereocenters. The van der Waals surface area contributed by atoms with Crippen molar-refractivity contribution in [3.63, 3.8) is 0 Å². The number of fused-ring (bicyclic) bond motifs is 1. The molecule has 2 heterocycles. The Morgan fingerprint density at radius 1 is 1.17 bits per heavy atom. The van der Waals surface area contributed by atoms with Crippen molar-refractivity contribution in [1.29, 1.82) is 0 Å². The van der Waals surface area contributed by atoms with Crippen molar-refractivity contribution in [2.24, 2.45) is 0 Å². The summed E-state index contributed by atoms with van der Waals surface area (Å²) in [6.07, 6.45) is 3.51. The number of nitrogens with zero attached hydrogens (tertiary/aromatic N) is 2. The number of aromatic nitrogens is 2. The smallest absolute Gasteiger partial charge is 0.257 e. The van der Waals surface area contributed by atoms with Crippen LogP contribution in [0, 0.1) is 6.92 Å². The number of nitrogens with one attached hydrogen (secondary N) is 1. The molecule has 24 heavy (non-hydrogen) atoms. The summed E-state index contributed by atoms with van der Waals surface area (Å²) in [4.78, 5) is 21.1. The van der Waals surface area contributed by atoms with E-state index in [-0.39, 0.29) is 12.0 Å². The minimum absolute atomic E-state index is 0.116. The Bertz CT molecular complexity index is 873. The molecule has 0 radical (unpaired) electrons. The van der Waals surface area contributed by atoms with Gasteiger partial charge in [0.25, 0.3) is 5.91 Å². The Morgan fingerprint density at radius 2 is 1.92 bits per heavy atom. The molecule has 0 aliphatic rings. The van der Waals surface area contributed by atoms with Crippen LogP contribution < -0.4 is 10.1 Å². The lowest BCUT2D eigenvalue weighted by Crippen LogP contribution is -2.14. The number of ether oxygens (including phenoxy) is 1. The normalized spacial score (nSPS) is 10.8. The summed E-state index contributed by atoms with van der Waals surface area (Å²) < 4.78 is 5.60. The standard InChI is InChI=1S/C19H19N3O2/c1-12(2)24-16-6-4-15(5-7-16)22-19(23)17-10-14-11-20-9-8-18(14)21-13(17)3/h4-12H,1-3H3,(H,22,23). The van der Waals surface area contributed by atoms with Gasteiger partial charge in [-0.05, 0) is 57.2 Å². The summed E-state index contributed by atoms with van der Waals surface area (Å²) in [6.45, 7) is 5.77. The molecule has 0 saturated carbocycles. The van der Waals surface area contributed by atoms with Gasteiger partial charge in [-0.1, -0.05) is 0 Å². The van der Waals surface area contributed by atoms with Gasteiger partial charge in [0.2, 0.25) is 0 Å². The average Bonchev–Trinajstić information content (AvgIpc) is 2.55. The second-order valence-electron chi connectivity index (χ2n) is 5.83. The minimum Gasteiger partial charge on any atom is -0.491 e. The van der Waals surface area contributed by atoms with Crippen LogP contribution in [0.25, 0.3) is 10.9 Å². The maximum atomic E-state index is 12.5. The molecular weight excluding hydrogens is 302 g/mol. The number of carbonyl (C=O) groups excluding carboxylic acids is 1. The van der Waals surface area contributed by atoms with Crippen molar-refractivity contribution in [1.82, 2.24) is 9.97 Å². The quantitative estimate of drug-likeness (QED) is 0.789. The topological polar surface area (TPSA) is 64.1 Å². The number of carbonyl (C=O) groups is 1. The molecule has 0 fully saturated rings. The zero-order chi connectivity index (χ0) is 17.1. The number of pyridine rings is 2. The van der Waals surface area contributed by atoms with Crippen LogP contribution in [0.15, 0.2) is 48.8 Å². The van der Waals surface area contributed by atoms with Gasteiger partial charge in [0.05, 0.1) is 22.9 Å². The number of rotatable bonds is 4. The monoisotopic (exact) mass is 321 g/mol. The van der Waals surface area contributed by atoms with Gasteiger partial charge < -0.3 is 10.1 Å². The van der Waals surface area contributed by atoms with Crippen molar-refractivity contribution in [2.75, 3.05) is 5.32 Å². The first kappa shape index (κ1) is 15.9. The fourth-order valence-corrected chi connectivity index (χ4v) is 2.43. The predicted octanol–water partition coefficient (Wildman–Crippen LogP) is 3.98. The molecule has 1 N–H and O–H groups in total. The number of benzene rings is 1. The highest BCUT2D eigenvalue weighted by Crippen LogP contribution is 2.20. The molecule has 3 rings (SSSR count). The molecule has 0 aliphatic carbocycles. The van der Waals surface area contributed by atoms with Gasteiger partial charge in [-0.3, -0.25) is 14.8 Å². The minimum atomic E-state index is -0.191. The molecule has 0 atom stereocenters. The highest BCUT2D eigenvalue weighted by molar-refractivity contribution is 6.06. The Labute approximate surface area is 140 Å². The van der Waals surface area contributed by atoms with Crippen LogP contribution in [0.3, 0.4) is 0 Å². The van der Waals surface area contributed by atoms with Gasteiger partial charge in [-0.2, -0.15) is 0 Å². The fraction of sp³-hybridized carbons (Fsp3) is 0.211. The van der Waals surface area contributed by atoms with Crippen LogP contribution in [0.5, 0.6) is 5.75 Å². The van der Waals surface area contributed by atoms with E-state index in [4.69, 9.17) is 4.74 Å². The Hall–Kier alpha value is -2.95. The SMILES string of the molecule is Cc1nc2ccncc2cc1C(=O)Nc1ccc(OC(C)C)cc1. The van der Waals surface area contributed by atoms with Crippen molar-refractivity contribution in [2.45, 2.75) is 26.9 Å². The third-order valence-electron chi connectivity index (χ3n) is 3.53. The number of aryl methyl sites for hydroxylation is 1. The number of hydrogen-bond donors (Lipinski definition) is 1. The molecule has 0 aliphatic heterocycles. The van der Waals surface area contributed by atoms with Crippen LogP contribution >= 0.6 is 0 Å². The first-order valence-corrected chi connectivity index (χ1v) is 7.82. The fourth-order valence-electron chi connectivity index (χ4n) is 2.43. The summed E-state index contributed by atoms with van der Waals surface area (Å²) in [6, 6.07) is 11.0. The van der Waals surface area contributed by atoms with Crippen LogP contribution in [0.2, 0.25) is 0 Å². The lowest BCUT2D eigenvalue weighted by molar-refractivity contribution is 0.102. The Morgan fingerprint density at radius 3 is 2.62 bits per heavy atom. The molecule has 5 nitrogen and oxygen atoms in total. The average molecular weight is 321 g/mol. The van der Waals surface area contributed by atoms with Gasteiger partial charge in [0.1, 0.15) is 5.75 Å². The zero-order valence-electron chi connectivity index (χ0n) is 13.9. The second-order valence-corrected chi connectivity index (χ2v) is 5.83. The van der Waals surface area contributed by atoms with Gasteiger partial charge in [0, 0.05) is 23.5 Å². The predicted molar refractivity (Wildman–Crippen MR) is 94.4 cm³/mol. The van der Waals surface area contributed by atoms with E-state index in [0.717, 1.165) is 16.7 Å². The third kappa shape index (κ3) is 3.51. The second kappa shape index (κ2) is 6.66. The van der Waals surface area contributed by atoms with Gasteiger partial charge >= 0.3 is 0 Å². The van der Waals surface area contributed by atoms with E-state index in [1.165, 1.54) is 0 Å². The van der Waals surface area contributed by atoms with Gasteiger partial charge in [0.15, 0.2) is 0 Å². The van der Waals surface area contributed by atoms with E-state index < -0.39 is 0 Å². The molecule has 2 aromatic heterocycles. The Balaban J connectivity index is 1.80. The summed E-state index contributed by atoms with van der Waals surface area (Å²) >= 11 is 0. The first-order valence-electron chi connectivity index (χ1n) is 7.82. The van der Waals surface area contributed by atoms with Crippen LogP contribution in [0.1, 0.15) is 29.9 Å². The highest BCUT2D eigenvalue weighted by atomic mass is 16.5. The number of amides is 1.